The Bertz CT molecular complexity index is 970. The van der Waals surface area contributed by atoms with Crippen LogP contribution in [0.15, 0.2) is 41.3 Å². The quantitative estimate of drug-likeness (QED) is 0.565. The normalized spacial score (nSPS) is 25.4. The van der Waals surface area contributed by atoms with Crippen molar-refractivity contribution in [2.24, 2.45) is 11.8 Å². The lowest BCUT2D eigenvalue weighted by Gasteiger charge is -2.22. The van der Waals surface area contributed by atoms with Gasteiger partial charge in [0.2, 0.25) is 27.7 Å². The summed E-state index contributed by atoms with van der Waals surface area (Å²) in [6.45, 7) is 2.57. The van der Waals surface area contributed by atoms with Crippen molar-refractivity contribution in [3.63, 3.8) is 0 Å². The molecule has 1 N–H and O–H groups in total. The number of rotatable bonds is 5. The topological polar surface area (TPSA) is 104 Å². The monoisotopic (exact) mass is 431 g/mol. The number of hydrogen-bond acceptors (Lipinski definition) is 5. The van der Waals surface area contributed by atoms with Gasteiger partial charge in [-0.25, -0.2) is 8.42 Å². The lowest BCUT2D eigenvalue weighted by molar-refractivity contribution is -0.146. The maximum absolute atomic E-state index is 12.7. The Labute approximate surface area is 176 Å². The average Bonchev–Trinajstić information content (AvgIpc) is 3.37. The molecule has 3 atom stereocenters. The molecule has 0 saturated carbocycles. The Morgan fingerprint density at radius 3 is 2.07 bits per heavy atom. The van der Waals surface area contributed by atoms with E-state index in [1.54, 1.807) is 0 Å². The molecule has 1 aliphatic carbocycles. The molecule has 4 rings (SSSR count). The molecule has 8 nitrogen and oxygen atoms in total. The molecule has 2 saturated heterocycles. The standard InChI is InChI=1S/C21H25N3O5S/c1-14(24-20(26)17-6-2-3-7-18(17)21(24)27)19(25)22-15-8-10-16(11-9-15)30(28,29)23-12-4-5-13-23/h2-3,8-11,14,17-18H,4-7,12-13H2,1H3,(H,22,25)/t14-,17-,18-/m0/s1. The van der Waals surface area contributed by atoms with Gasteiger partial charge in [-0.3, -0.25) is 19.3 Å². The smallest absolute Gasteiger partial charge is 0.247 e. The lowest BCUT2D eigenvalue weighted by atomic mass is 9.85. The number of nitrogens with one attached hydrogen (secondary N) is 1. The molecule has 0 unspecified atom stereocenters. The predicted octanol–water partition coefficient (Wildman–Crippen LogP) is 1.75. The second kappa shape index (κ2) is 7.96. The van der Waals surface area contributed by atoms with E-state index in [1.165, 1.54) is 35.5 Å². The predicted molar refractivity (Wildman–Crippen MR) is 110 cm³/mol. The molecule has 3 aliphatic rings. The van der Waals surface area contributed by atoms with Crippen molar-refractivity contribution >= 4 is 33.4 Å². The first-order valence-corrected chi connectivity index (χ1v) is 11.7. The summed E-state index contributed by atoms with van der Waals surface area (Å²) in [4.78, 5) is 39.2. The molecule has 0 radical (unpaired) electrons. The molecule has 0 bridgehead atoms. The third kappa shape index (κ3) is 3.56. The van der Waals surface area contributed by atoms with Gasteiger partial charge in [-0.2, -0.15) is 4.31 Å². The number of sulfonamides is 1. The number of likely N-dealkylation sites (tertiary alicyclic amines) is 1. The largest absolute Gasteiger partial charge is 0.324 e. The maximum Gasteiger partial charge on any atom is 0.247 e. The first-order valence-electron chi connectivity index (χ1n) is 10.2. The van der Waals surface area contributed by atoms with E-state index in [9.17, 15) is 22.8 Å². The van der Waals surface area contributed by atoms with E-state index in [2.05, 4.69) is 5.32 Å². The summed E-state index contributed by atoms with van der Waals surface area (Å²) in [5.74, 6) is -1.85. The van der Waals surface area contributed by atoms with Gasteiger partial charge in [-0.15, -0.1) is 0 Å². The molecule has 2 heterocycles. The van der Waals surface area contributed by atoms with Crippen LogP contribution in [0.4, 0.5) is 5.69 Å². The fourth-order valence-corrected chi connectivity index (χ4v) is 5.88. The van der Waals surface area contributed by atoms with Crippen LogP contribution in [0.2, 0.25) is 0 Å². The molecule has 30 heavy (non-hydrogen) atoms. The summed E-state index contributed by atoms with van der Waals surface area (Å²) in [7, 11) is -3.52. The molecular formula is C21H25N3O5S. The first kappa shape index (κ1) is 20.7. The molecule has 2 aliphatic heterocycles. The molecule has 2 fully saturated rings. The van der Waals surface area contributed by atoms with Crippen molar-refractivity contribution in [3.05, 3.63) is 36.4 Å². The van der Waals surface area contributed by atoms with Crippen molar-refractivity contribution in [3.8, 4) is 0 Å². The number of amides is 3. The van der Waals surface area contributed by atoms with Crippen LogP contribution in [0.25, 0.3) is 0 Å². The number of imide groups is 1. The minimum Gasteiger partial charge on any atom is -0.324 e. The van der Waals surface area contributed by atoms with Crippen LogP contribution >= 0.6 is 0 Å². The summed E-state index contributed by atoms with van der Waals surface area (Å²) in [6.07, 6.45) is 6.56. The number of allylic oxidation sites excluding steroid dienone is 2. The highest BCUT2D eigenvalue weighted by Gasteiger charge is 2.50. The highest BCUT2D eigenvalue weighted by molar-refractivity contribution is 7.89. The summed E-state index contributed by atoms with van der Waals surface area (Å²) in [6, 6.07) is 5.01. The summed E-state index contributed by atoms with van der Waals surface area (Å²) in [5.41, 5.74) is 0.408. The molecule has 0 aromatic heterocycles. The molecule has 1 aromatic rings. The van der Waals surface area contributed by atoms with E-state index in [-0.39, 0.29) is 28.5 Å². The molecule has 160 valence electrons. The molecule has 0 spiro atoms. The molecule has 9 heteroatoms. The Hall–Kier alpha value is -2.52. The molecule has 3 amide bonds. The highest BCUT2D eigenvalue weighted by atomic mass is 32.2. The van der Waals surface area contributed by atoms with Crippen molar-refractivity contribution in [2.75, 3.05) is 18.4 Å². The Balaban J connectivity index is 1.44. The zero-order valence-corrected chi connectivity index (χ0v) is 17.6. The van der Waals surface area contributed by atoms with Crippen LogP contribution in [0.5, 0.6) is 0 Å². The number of nitrogens with zero attached hydrogens (tertiary/aromatic N) is 2. The fourth-order valence-electron chi connectivity index (χ4n) is 4.36. The Kier molecular flexibility index (Phi) is 5.50. The Morgan fingerprint density at radius 2 is 1.53 bits per heavy atom. The number of carbonyl (C=O) groups excluding carboxylic acids is 3. The first-order chi connectivity index (χ1) is 14.3. The molecular weight excluding hydrogens is 406 g/mol. The minimum atomic E-state index is -3.52. The van der Waals surface area contributed by atoms with Crippen molar-refractivity contribution in [1.29, 1.82) is 0 Å². The van der Waals surface area contributed by atoms with Crippen LogP contribution in [-0.4, -0.2) is 54.5 Å². The summed E-state index contributed by atoms with van der Waals surface area (Å²) >= 11 is 0. The SMILES string of the molecule is C[C@@H](C(=O)Nc1ccc(S(=O)(=O)N2CCCC2)cc1)N1C(=O)[C@H]2CC=CC[C@@H]2C1=O. The zero-order chi connectivity index (χ0) is 21.5. The van der Waals surface area contributed by atoms with Gasteiger partial charge in [-0.1, -0.05) is 12.2 Å². The summed E-state index contributed by atoms with van der Waals surface area (Å²) in [5, 5.41) is 2.68. The zero-order valence-electron chi connectivity index (χ0n) is 16.8. The van der Waals surface area contributed by atoms with E-state index in [1.807, 2.05) is 12.2 Å². The van der Waals surface area contributed by atoms with Crippen molar-refractivity contribution < 1.29 is 22.8 Å². The number of hydrogen-bond donors (Lipinski definition) is 1. The van der Waals surface area contributed by atoms with Gasteiger partial charge in [-0.05, 0) is 56.9 Å². The van der Waals surface area contributed by atoms with Gasteiger partial charge in [0.05, 0.1) is 16.7 Å². The fraction of sp³-hybridized carbons (Fsp3) is 0.476. The van der Waals surface area contributed by atoms with Crippen LogP contribution in [0, 0.1) is 11.8 Å². The van der Waals surface area contributed by atoms with E-state index in [0.717, 1.165) is 17.7 Å². The second-order valence-corrected chi connectivity index (χ2v) is 9.94. The van der Waals surface area contributed by atoms with Gasteiger partial charge < -0.3 is 5.32 Å². The van der Waals surface area contributed by atoms with Crippen LogP contribution < -0.4 is 5.32 Å². The van der Waals surface area contributed by atoms with E-state index < -0.39 is 22.0 Å². The van der Waals surface area contributed by atoms with Crippen molar-refractivity contribution in [2.45, 2.75) is 43.5 Å². The Morgan fingerprint density at radius 1 is 1.00 bits per heavy atom. The minimum absolute atomic E-state index is 0.178. The van der Waals surface area contributed by atoms with E-state index in [0.29, 0.717) is 31.6 Å². The molecule has 1 aromatic carbocycles. The van der Waals surface area contributed by atoms with E-state index in [4.69, 9.17) is 0 Å². The van der Waals surface area contributed by atoms with Gasteiger partial charge in [0.15, 0.2) is 0 Å². The van der Waals surface area contributed by atoms with Gasteiger partial charge >= 0.3 is 0 Å². The van der Waals surface area contributed by atoms with Gasteiger partial charge in [0, 0.05) is 18.8 Å². The average molecular weight is 432 g/mol. The third-order valence-electron chi connectivity index (χ3n) is 6.13. The highest BCUT2D eigenvalue weighted by Crippen LogP contribution is 2.36. The van der Waals surface area contributed by atoms with Gasteiger partial charge in [0.1, 0.15) is 6.04 Å². The number of anilines is 1. The van der Waals surface area contributed by atoms with Crippen molar-refractivity contribution in [1.82, 2.24) is 9.21 Å². The number of benzene rings is 1. The number of carbonyl (C=O) groups is 3. The van der Waals surface area contributed by atoms with Crippen LogP contribution in [-0.2, 0) is 24.4 Å². The van der Waals surface area contributed by atoms with E-state index >= 15 is 0 Å². The lowest BCUT2D eigenvalue weighted by Crippen LogP contribution is -2.46. The third-order valence-corrected chi connectivity index (χ3v) is 8.05. The maximum atomic E-state index is 12.7. The van der Waals surface area contributed by atoms with Crippen LogP contribution in [0.3, 0.4) is 0 Å². The number of fused-ring (bicyclic) bond motifs is 1. The summed E-state index contributed by atoms with van der Waals surface area (Å²) < 4.78 is 26.7. The van der Waals surface area contributed by atoms with Crippen LogP contribution in [0.1, 0.15) is 32.6 Å². The van der Waals surface area contributed by atoms with Gasteiger partial charge in [0.25, 0.3) is 0 Å². The second-order valence-electron chi connectivity index (χ2n) is 8.00.